The highest BCUT2D eigenvalue weighted by Crippen LogP contribution is 2.09. The summed E-state index contributed by atoms with van der Waals surface area (Å²) in [6, 6.07) is 2.44. The molecule has 1 aromatic heterocycles. The van der Waals surface area contributed by atoms with E-state index in [1.807, 2.05) is 19.9 Å². The van der Waals surface area contributed by atoms with E-state index in [4.69, 9.17) is 4.74 Å². The van der Waals surface area contributed by atoms with E-state index in [0.717, 1.165) is 24.5 Å². The molecule has 1 aliphatic rings. The van der Waals surface area contributed by atoms with Crippen LogP contribution >= 0.6 is 0 Å². The molecule has 1 aliphatic heterocycles. The van der Waals surface area contributed by atoms with Crippen molar-refractivity contribution in [1.82, 2.24) is 15.3 Å². The molecule has 4 nitrogen and oxygen atoms in total. The third-order valence-electron chi connectivity index (χ3n) is 1.98. The molecule has 70 valence electrons. The van der Waals surface area contributed by atoms with Crippen LogP contribution in [0.2, 0.25) is 0 Å². The number of rotatable bonds is 2. The van der Waals surface area contributed by atoms with E-state index in [2.05, 4.69) is 15.3 Å². The van der Waals surface area contributed by atoms with Crippen LogP contribution in [0.5, 0.6) is 6.01 Å². The Hall–Kier alpha value is -1.16. The molecule has 0 atom stereocenters. The average Bonchev–Trinajstić information content (AvgIpc) is 1.95. The Balaban J connectivity index is 2.10. The number of hydrogen-bond acceptors (Lipinski definition) is 4. The quantitative estimate of drug-likeness (QED) is 0.715. The van der Waals surface area contributed by atoms with Crippen molar-refractivity contribution in [3.8, 4) is 6.01 Å². The van der Waals surface area contributed by atoms with Crippen molar-refractivity contribution < 1.29 is 4.74 Å². The minimum Gasteiger partial charge on any atom is -0.457 e. The van der Waals surface area contributed by atoms with Crippen LogP contribution in [0, 0.1) is 13.8 Å². The van der Waals surface area contributed by atoms with Crippen molar-refractivity contribution in [2.75, 3.05) is 13.1 Å². The maximum absolute atomic E-state index is 5.53. The van der Waals surface area contributed by atoms with Crippen molar-refractivity contribution in [1.29, 1.82) is 0 Å². The molecule has 0 unspecified atom stereocenters. The second kappa shape index (κ2) is 3.30. The molecular weight excluding hydrogens is 166 g/mol. The van der Waals surface area contributed by atoms with E-state index in [-0.39, 0.29) is 6.10 Å². The van der Waals surface area contributed by atoms with E-state index < -0.39 is 0 Å². The zero-order valence-corrected chi connectivity index (χ0v) is 7.87. The lowest BCUT2D eigenvalue weighted by molar-refractivity contribution is 0.129. The van der Waals surface area contributed by atoms with Gasteiger partial charge in [0.15, 0.2) is 0 Å². The van der Waals surface area contributed by atoms with Gasteiger partial charge in [0.05, 0.1) is 0 Å². The normalized spacial score (nSPS) is 16.8. The average molecular weight is 179 g/mol. The molecule has 1 aromatic rings. The van der Waals surface area contributed by atoms with Crippen LogP contribution in [0.25, 0.3) is 0 Å². The minimum absolute atomic E-state index is 0.251. The zero-order valence-electron chi connectivity index (χ0n) is 7.87. The molecule has 1 fully saturated rings. The summed E-state index contributed by atoms with van der Waals surface area (Å²) in [5, 5.41) is 3.13. The van der Waals surface area contributed by atoms with Gasteiger partial charge in [-0.25, -0.2) is 9.97 Å². The molecule has 1 saturated heterocycles. The van der Waals surface area contributed by atoms with Gasteiger partial charge in [0, 0.05) is 24.5 Å². The van der Waals surface area contributed by atoms with Crippen molar-refractivity contribution in [2.45, 2.75) is 20.0 Å². The molecule has 0 saturated carbocycles. The number of hydrogen-bond donors (Lipinski definition) is 1. The second-order valence-corrected chi connectivity index (χ2v) is 3.33. The van der Waals surface area contributed by atoms with Gasteiger partial charge in [0.1, 0.15) is 6.10 Å². The minimum atomic E-state index is 0.251. The maximum atomic E-state index is 5.53. The summed E-state index contributed by atoms with van der Waals surface area (Å²) in [6.07, 6.45) is 0.251. The maximum Gasteiger partial charge on any atom is 0.317 e. The molecule has 4 heteroatoms. The molecule has 0 amide bonds. The molecule has 1 N–H and O–H groups in total. The molecule has 0 spiro atoms. The molecule has 0 radical (unpaired) electrons. The van der Waals surface area contributed by atoms with Gasteiger partial charge < -0.3 is 10.1 Å². The summed E-state index contributed by atoms with van der Waals surface area (Å²) in [5.74, 6) is 0. The summed E-state index contributed by atoms with van der Waals surface area (Å²) < 4.78 is 5.53. The van der Waals surface area contributed by atoms with E-state index in [1.54, 1.807) is 0 Å². The van der Waals surface area contributed by atoms with Crippen LogP contribution in [-0.2, 0) is 0 Å². The summed E-state index contributed by atoms with van der Waals surface area (Å²) >= 11 is 0. The van der Waals surface area contributed by atoms with Crippen LogP contribution < -0.4 is 10.1 Å². The summed E-state index contributed by atoms with van der Waals surface area (Å²) in [4.78, 5) is 8.39. The Labute approximate surface area is 77.4 Å². The van der Waals surface area contributed by atoms with E-state index >= 15 is 0 Å². The second-order valence-electron chi connectivity index (χ2n) is 3.33. The molecule has 0 aromatic carbocycles. The summed E-state index contributed by atoms with van der Waals surface area (Å²) in [7, 11) is 0. The highest BCUT2D eigenvalue weighted by atomic mass is 16.5. The van der Waals surface area contributed by atoms with Crippen LogP contribution in [0.1, 0.15) is 11.4 Å². The molecule has 2 heterocycles. The number of aromatic nitrogens is 2. The highest BCUT2D eigenvalue weighted by molar-refractivity contribution is 5.11. The lowest BCUT2D eigenvalue weighted by atomic mass is 10.2. The first-order valence-electron chi connectivity index (χ1n) is 4.44. The molecule has 2 rings (SSSR count). The third-order valence-corrected chi connectivity index (χ3v) is 1.98. The third kappa shape index (κ3) is 1.95. The fourth-order valence-corrected chi connectivity index (χ4v) is 1.24. The Morgan fingerprint density at radius 3 is 2.38 bits per heavy atom. The van der Waals surface area contributed by atoms with Gasteiger partial charge in [-0.3, -0.25) is 0 Å². The molecule has 0 bridgehead atoms. The van der Waals surface area contributed by atoms with E-state index in [9.17, 15) is 0 Å². The Morgan fingerprint density at radius 2 is 1.92 bits per heavy atom. The van der Waals surface area contributed by atoms with Gasteiger partial charge in [-0.15, -0.1) is 0 Å². The monoisotopic (exact) mass is 179 g/mol. The number of aryl methyl sites for hydroxylation is 2. The number of nitrogens with one attached hydrogen (secondary N) is 1. The number of ether oxygens (including phenoxy) is 1. The predicted molar refractivity (Wildman–Crippen MR) is 48.8 cm³/mol. The lowest BCUT2D eigenvalue weighted by Crippen LogP contribution is -2.50. The zero-order chi connectivity index (χ0) is 9.26. The fourth-order valence-electron chi connectivity index (χ4n) is 1.24. The Bertz CT molecular complexity index is 289. The molecular formula is C9H13N3O. The fraction of sp³-hybridized carbons (Fsp3) is 0.556. The smallest absolute Gasteiger partial charge is 0.317 e. The first-order valence-corrected chi connectivity index (χ1v) is 4.44. The van der Waals surface area contributed by atoms with Crippen LogP contribution in [0.4, 0.5) is 0 Å². The molecule has 13 heavy (non-hydrogen) atoms. The first-order chi connectivity index (χ1) is 6.24. The Morgan fingerprint density at radius 1 is 1.31 bits per heavy atom. The SMILES string of the molecule is Cc1cc(C)nc(OC2CNC2)n1. The standard InChI is InChI=1S/C9H13N3O/c1-6-3-7(2)12-9(11-6)13-8-4-10-5-8/h3,8,10H,4-5H2,1-2H3. The van der Waals surface area contributed by atoms with Crippen LogP contribution in [-0.4, -0.2) is 29.2 Å². The largest absolute Gasteiger partial charge is 0.457 e. The van der Waals surface area contributed by atoms with Gasteiger partial charge in [0.25, 0.3) is 0 Å². The van der Waals surface area contributed by atoms with Gasteiger partial charge in [-0.2, -0.15) is 0 Å². The Kier molecular flexibility index (Phi) is 2.14. The van der Waals surface area contributed by atoms with Gasteiger partial charge in [0.2, 0.25) is 0 Å². The van der Waals surface area contributed by atoms with Crippen molar-refractivity contribution in [2.24, 2.45) is 0 Å². The first kappa shape index (κ1) is 8.44. The molecule has 0 aliphatic carbocycles. The lowest BCUT2D eigenvalue weighted by Gasteiger charge is -2.26. The summed E-state index contributed by atoms with van der Waals surface area (Å²) in [5.41, 5.74) is 1.91. The van der Waals surface area contributed by atoms with Crippen LogP contribution in [0.15, 0.2) is 6.07 Å². The topological polar surface area (TPSA) is 47.0 Å². The summed E-state index contributed by atoms with van der Waals surface area (Å²) in [6.45, 7) is 5.69. The predicted octanol–water partition coefficient (Wildman–Crippen LogP) is 0.444. The van der Waals surface area contributed by atoms with Crippen LogP contribution in [0.3, 0.4) is 0 Å². The van der Waals surface area contributed by atoms with Crippen molar-refractivity contribution >= 4 is 0 Å². The van der Waals surface area contributed by atoms with Gasteiger partial charge in [-0.1, -0.05) is 0 Å². The van der Waals surface area contributed by atoms with Gasteiger partial charge in [-0.05, 0) is 19.9 Å². The van der Waals surface area contributed by atoms with E-state index in [1.165, 1.54) is 0 Å². The van der Waals surface area contributed by atoms with Gasteiger partial charge >= 0.3 is 6.01 Å². The number of nitrogens with zero attached hydrogens (tertiary/aromatic N) is 2. The van der Waals surface area contributed by atoms with E-state index in [0.29, 0.717) is 6.01 Å². The van der Waals surface area contributed by atoms with Crippen molar-refractivity contribution in [3.05, 3.63) is 17.5 Å². The highest BCUT2D eigenvalue weighted by Gasteiger charge is 2.19. The van der Waals surface area contributed by atoms with Crippen molar-refractivity contribution in [3.63, 3.8) is 0 Å².